The third kappa shape index (κ3) is 24.2. The van der Waals surface area contributed by atoms with Crippen molar-refractivity contribution in [1.29, 1.82) is 15.8 Å². The van der Waals surface area contributed by atoms with Gasteiger partial charge in [-0.2, -0.15) is 15.8 Å². The minimum absolute atomic E-state index is 0.00386. The van der Waals surface area contributed by atoms with Gasteiger partial charge < -0.3 is 67.1 Å². The van der Waals surface area contributed by atoms with E-state index in [-0.39, 0.29) is 192 Å². The SMILES string of the molecule is CC[C@@H]1C[C@]1(CC(=O)[C@@H]1C[C@@H](Oc2cc(C#N)nc3c(Cl)c(OC)ccc23)CN1C(=O)[C@@H](CC(=O)OC1C[C@@H]2C[C@@H]2C1)C(C)(C)C)C(=O)OC.CC[C@@H]1C[C@]1(CC(=O)[C@@H]1C[C@@H](Oc2cc(C#N)nc3c(Cl)c(OC)ccc23)CN1C(=O)[C@@H](CC(=O)OC1C[C@@H]2C[C@@H]2C1)C(C)(C)C)C(C)=O.CC[C@@H]1C[C@]1(CC(=O)[C@@H]1C[C@H](C)CN1C(=O)[C@@H](CC(=O)OC1C[C@@H]2C[C@@H]2C1)C(C)(C)C)C(=O)OC.COc1ccc2c(=O)cc(C#N)[nH]c2c1Cl. The number of aromatic nitrogens is 3. The lowest BCUT2D eigenvalue weighted by Gasteiger charge is -2.35. The minimum Gasteiger partial charge on any atom is -0.495 e. The maximum Gasteiger partial charge on any atom is 0.312 e. The summed E-state index contributed by atoms with van der Waals surface area (Å²) in [5, 5.41) is 30.5. The van der Waals surface area contributed by atoms with Crippen LogP contribution in [0.3, 0.4) is 0 Å². The van der Waals surface area contributed by atoms with Crippen molar-refractivity contribution in [3.8, 4) is 47.0 Å². The Labute approximate surface area is 891 Å². The fourth-order valence-electron chi connectivity index (χ4n) is 25.0. The lowest BCUT2D eigenvalue weighted by molar-refractivity contribution is -0.157. The van der Waals surface area contributed by atoms with Crippen molar-refractivity contribution in [1.82, 2.24) is 29.7 Å². The number of nitriles is 3. The van der Waals surface area contributed by atoms with Crippen LogP contribution in [0.2, 0.25) is 15.1 Å². The van der Waals surface area contributed by atoms with Gasteiger partial charge in [0.15, 0.2) is 22.8 Å². The summed E-state index contributed by atoms with van der Waals surface area (Å²) in [6, 6.07) is 18.0. The average Bonchev–Trinajstić information content (AvgIpc) is 1.58. The molecule has 32 nitrogen and oxygen atoms in total. The van der Waals surface area contributed by atoms with E-state index in [9.17, 15) is 72.9 Å². The van der Waals surface area contributed by atoms with Crippen molar-refractivity contribution in [2.45, 2.75) is 300 Å². The number of hydrogen-bond acceptors (Lipinski definition) is 28. The van der Waals surface area contributed by atoms with Crippen LogP contribution in [0.25, 0.3) is 32.7 Å². The number of pyridine rings is 3. The first-order valence-corrected chi connectivity index (χ1v) is 54.1. The highest BCUT2D eigenvalue weighted by molar-refractivity contribution is 6.37. The Morgan fingerprint density at radius 2 is 0.753 bits per heavy atom. The van der Waals surface area contributed by atoms with Gasteiger partial charge in [-0.1, -0.05) is 144 Å². The molecule has 12 fully saturated rings. The molecule has 12 aliphatic rings. The molecule has 3 aromatic heterocycles. The molecule has 3 unspecified atom stereocenters. The van der Waals surface area contributed by atoms with Crippen molar-refractivity contribution in [2.24, 2.45) is 109 Å². The van der Waals surface area contributed by atoms with Crippen molar-refractivity contribution in [2.75, 3.05) is 55.2 Å². The number of fused-ring (bicyclic) bond motifs is 6. The molecule has 150 heavy (non-hydrogen) atoms. The number of Topliss-reactive ketones (excluding diaryl/α,β-unsaturated/α-hetero) is 4. The van der Waals surface area contributed by atoms with Crippen LogP contribution >= 0.6 is 34.8 Å². The third-order valence-electron chi connectivity index (χ3n) is 34.4. The zero-order valence-corrected chi connectivity index (χ0v) is 91.8. The third-order valence-corrected chi connectivity index (χ3v) is 35.5. The molecule has 1 N–H and O–H groups in total. The van der Waals surface area contributed by atoms with E-state index >= 15 is 0 Å². The van der Waals surface area contributed by atoms with E-state index in [1.807, 2.05) is 102 Å². The number of ketones is 4. The number of likely N-dealkylation sites (tertiary alicyclic amines) is 3. The van der Waals surface area contributed by atoms with Crippen molar-refractivity contribution in [3.05, 3.63) is 97.0 Å². The number of nitrogens with zero attached hydrogens (tertiary/aromatic N) is 8. The molecule has 0 spiro atoms. The number of hydrogen-bond donors (Lipinski definition) is 1. The smallest absolute Gasteiger partial charge is 0.312 e. The first kappa shape index (κ1) is 113. The van der Waals surface area contributed by atoms with Crippen LogP contribution in [0.5, 0.6) is 28.7 Å². The fraction of sp³-hybridized carbons (Fsp3) is 0.635. The van der Waals surface area contributed by atoms with Crippen LogP contribution in [0.15, 0.2) is 59.4 Å². The molecule has 6 aromatic rings. The molecule has 0 radical (unpaired) electrons. The van der Waals surface area contributed by atoms with E-state index in [1.54, 1.807) is 53.1 Å². The Balaban J connectivity index is 0.000000158. The molecule has 3 saturated heterocycles. The van der Waals surface area contributed by atoms with E-state index < -0.39 is 98.5 Å². The Hall–Kier alpha value is -11.5. The second-order valence-corrected chi connectivity index (χ2v) is 48.5. The summed E-state index contributed by atoms with van der Waals surface area (Å²) in [7, 11) is 7.15. The number of carbonyl (C=O) groups excluding carboxylic acids is 12. The molecular weight excluding hydrogens is 1980 g/mol. The fourth-order valence-corrected chi connectivity index (χ4v) is 25.8. The van der Waals surface area contributed by atoms with Crippen LogP contribution in [-0.2, 0) is 81.2 Å². The Kier molecular flexibility index (Phi) is 33.8. The molecular formula is C115H142Cl3N9O23. The second-order valence-electron chi connectivity index (χ2n) is 47.4. The highest BCUT2D eigenvalue weighted by Gasteiger charge is 2.65. The second kappa shape index (κ2) is 45.0. The number of nitrogens with one attached hydrogen (secondary N) is 1. The van der Waals surface area contributed by atoms with Crippen molar-refractivity contribution < 1.29 is 105 Å². The van der Waals surface area contributed by atoms with Crippen LogP contribution in [0.4, 0.5) is 0 Å². The van der Waals surface area contributed by atoms with Gasteiger partial charge in [0.05, 0.1) is 131 Å². The number of benzene rings is 3. The van der Waals surface area contributed by atoms with Crippen LogP contribution in [0, 0.1) is 143 Å². The lowest BCUT2D eigenvalue weighted by atomic mass is 9.77. The molecule has 9 aliphatic carbocycles. The Morgan fingerprint density at radius 3 is 1.07 bits per heavy atom. The van der Waals surface area contributed by atoms with E-state index in [1.165, 1.54) is 77.9 Å². The number of rotatable bonds is 34. The summed E-state index contributed by atoms with van der Waals surface area (Å²) in [4.78, 5) is 190. The van der Waals surface area contributed by atoms with Gasteiger partial charge in [-0.25, -0.2) is 9.97 Å². The molecule has 0 bridgehead atoms. The van der Waals surface area contributed by atoms with Crippen LogP contribution < -0.4 is 29.1 Å². The molecule has 806 valence electrons. The van der Waals surface area contributed by atoms with E-state index in [0.29, 0.717) is 122 Å². The van der Waals surface area contributed by atoms with Crippen molar-refractivity contribution in [3.63, 3.8) is 0 Å². The Morgan fingerprint density at radius 1 is 0.427 bits per heavy atom. The summed E-state index contributed by atoms with van der Waals surface area (Å²) in [6.07, 6.45) is 12.7. The molecule has 3 aromatic carbocycles. The number of methoxy groups -OCH3 is 5. The summed E-state index contributed by atoms with van der Waals surface area (Å²) in [6.45, 7) is 27.6. The summed E-state index contributed by atoms with van der Waals surface area (Å²) >= 11 is 19.2. The highest BCUT2D eigenvalue weighted by atomic mass is 35.5. The van der Waals surface area contributed by atoms with E-state index in [4.69, 9.17) is 87.4 Å². The van der Waals surface area contributed by atoms with Gasteiger partial charge in [0.25, 0.3) is 0 Å². The van der Waals surface area contributed by atoms with Gasteiger partial charge in [-0.3, -0.25) is 62.3 Å². The van der Waals surface area contributed by atoms with Gasteiger partial charge in [-0.05, 0) is 202 Å². The molecule has 35 heteroatoms. The molecule has 9 saturated carbocycles. The van der Waals surface area contributed by atoms with E-state index in [0.717, 1.165) is 69.6 Å². The number of halogens is 3. The van der Waals surface area contributed by atoms with Gasteiger partial charge >= 0.3 is 29.8 Å². The van der Waals surface area contributed by atoms with Crippen molar-refractivity contribution >= 4 is 138 Å². The standard InChI is InChI=1S/C38H46ClN3O8.C38H46ClN3O7.C28H43NO6.C11H7ClN2O2/c1-7-22-16-38(22,36(46)48-6)17-29(43)28-14-25(49-31-13-23(18-40)41-34-26(31)8-9-30(47-5)33(34)39)19-42(28)35(45)27(37(2,3)4)15-32(44)50-24-11-20-10-21(20)12-24;1-7-23-16-38(23,20(2)43)17-30(44)29-14-26(48-32-13-24(18-40)41-35-27(32)8-9-31(47-6)34(35)39)19-42(29)36(46)28(37(3,4)5)15-33(45)49-25-11-21-10-22(21)12-25;1-7-19-13-28(19,26(33)34-6)14-23(30)22-8-16(2)15-29(22)25(32)21(27(3,4)5)12-24(31)35-20-10-17-9-18(17)11-20;1-16-9-3-2-7-8(15)4-6(5-13)14-11(7)10(9)12/h8-9,13,20-22,24-25,27-28H,7,10-12,14-17,19H2,1-6H3;8-9,13,21-23,25-26,28-29H,7,10-12,14-17,19H2,1-6H3;16-22H,7-15H2,1-6H3;2-4H,1H3,(H,14,15)/t20-,21+,22-,24?,25-,27-,28+,38-;21-,22+,23-,25?,26-,28-,29+,38+;16-,17-,18+,19+,20?,21+,22-,28+;/m110./s1. The molecule has 3 aliphatic heterocycles. The predicted octanol–water partition coefficient (Wildman–Crippen LogP) is 18.8. The quantitative estimate of drug-likeness (QED) is 0.0289. The van der Waals surface area contributed by atoms with Crippen LogP contribution in [-0.4, -0.2) is 204 Å². The van der Waals surface area contributed by atoms with E-state index in [2.05, 4.69) is 21.0 Å². The molecule has 3 amide bonds. The zero-order valence-electron chi connectivity index (χ0n) is 89.5. The molecule has 18 rings (SSSR count). The average molecular weight is 2120 g/mol. The summed E-state index contributed by atoms with van der Waals surface area (Å²) in [5.74, 6) is 1.21. The molecule has 24 atom stereocenters. The number of ether oxygens (including phenoxy) is 10. The summed E-state index contributed by atoms with van der Waals surface area (Å²) in [5.41, 5.74) is -2.87. The first-order chi connectivity index (χ1) is 71.0. The van der Waals surface area contributed by atoms with Gasteiger partial charge in [0.1, 0.15) is 115 Å². The lowest BCUT2D eigenvalue weighted by Crippen LogP contribution is -2.48. The maximum absolute atomic E-state index is 14.6. The number of esters is 5. The van der Waals surface area contributed by atoms with Gasteiger partial charge in [0.2, 0.25) is 17.7 Å². The number of H-pyrrole nitrogens is 1. The summed E-state index contributed by atoms with van der Waals surface area (Å²) < 4.78 is 56.3. The maximum atomic E-state index is 14.6. The zero-order chi connectivity index (χ0) is 109. The number of carbonyl (C=O) groups is 12. The van der Waals surface area contributed by atoms with Crippen LogP contribution in [0.1, 0.15) is 268 Å². The number of aromatic amines is 1. The monoisotopic (exact) mass is 2120 g/mol. The van der Waals surface area contributed by atoms with Gasteiger partial charge in [-0.15, -0.1) is 0 Å². The number of amides is 3. The molecule has 6 heterocycles. The Bertz CT molecular complexity index is 6450. The largest absolute Gasteiger partial charge is 0.495 e. The highest BCUT2D eigenvalue weighted by Crippen LogP contribution is 2.62. The first-order valence-electron chi connectivity index (χ1n) is 53.0. The normalized spacial score (nSPS) is 28.6. The topological polar surface area (TPSA) is 437 Å². The predicted molar refractivity (Wildman–Crippen MR) is 556 cm³/mol. The minimum atomic E-state index is -0.914. The van der Waals surface area contributed by atoms with Gasteiger partial charge in [0, 0.05) is 78.4 Å².